The summed E-state index contributed by atoms with van der Waals surface area (Å²) in [7, 11) is 0. The van der Waals surface area contributed by atoms with Gasteiger partial charge in [0.25, 0.3) is 0 Å². The molecule has 0 saturated carbocycles. The van der Waals surface area contributed by atoms with Crippen LogP contribution in [0.25, 0.3) is 0 Å². The molecule has 1 aliphatic heterocycles. The average Bonchev–Trinajstić information content (AvgIpc) is 2.31. The van der Waals surface area contributed by atoms with E-state index in [0.29, 0.717) is 12.5 Å². The van der Waals surface area contributed by atoms with Crippen molar-refractivity contribution in [2.75, 3.05) is 13.2 Å². The lowest BCUT2D eigenvalue weighted by Gasteiger charge is -2.23. The van der Waals surface area contributed by atoms with Gasteiger partial charge in [-0.2, -0.15) is 0 Å². The smallest absolute Gasteiger partial charge is 0.122 e. The second-order valence-corrected chi connectivity index (χ2v) is 3.22. The van der Waals surface area contributed by atoms with E-state index in [9.17, 15) is 0 Å². The minimum atomic E-state index is 0.500. The zero-order valence-corrected chi connectivity index (χ0v) is 8.99. The lowest BCUT2D eigenvalue weighted by atomic mass is 9.97. The first kappa shape index (κ1) is 11.1. The number of rotatable bonds is 1. The molecule has 2 heteroatoms. The van der Waals surface area contributed by atoms with E-state index in [1.165, 1.54) is 5.56 Å². The third kappa shape index (κ3) is 2.48. The van der Waals surface area contributed by atoms with Crippen LogP contribution in [0.2, 0.25) is 0 Å². The Bertz CT molecular complexity index is 273. The molecule has 0 bridgehead atoms. The van der Waals surface area contributed by atoms with E-state index in [0.717, 1.165) is 18.8 Å². The van der Waals surface area contributed by atoms with Crippen molar-refractivity contribution in [3.05, 3.63) is 29.8 Å². The van der Waals surface area contributed by atoms with E-state index < -0.39 is 0 Å². The third-order valence-electron chi connectivity index (χ3n) is 2.29. The molecule has 0 amide bonds. The van der Waals surface area contributed by atoms with Crippen molar-refractivity contribution in [3.63, 3.8) is 0 Å². The molecule has 0 radical (unpaired) electrons. The summed E-state index contributed by atoms with van der Waals surface area (Å²) >= 11 is 0. The van der Waals surface area contributed by atoms with Gasteiger partial charge < -0.3 is 10.5 Å². The van der Waals surface area contributed by atoms with Crippen molar-refractivity contribution in [3.8, 4) is 5.75 Å². The summed E-state index contributed by atoms with van der Waals surface area (Å²) in [4.78, 5) is 0. The maximum absolute atomic E-state index is 5.58. The lowest BCUT2D eigenvalue weighted by Crippen LogP contribution is -2.27. The van der Waals surface area contributed by atoms with Gasteiger partial charge in [-0.3, -0.25) is 0 Å². The lowest BCUT2D eigenvalue weighted by molar-refractivity contribution is 0.226. The summed E-state index contributed by atoms with van der Waals surface area (Å²) in [5, 5.41) is 0. The minimum absolute atomic E-state index is 0.500. The number of nitrogens with two attached hydrogens (primary N) is 1. The number of fused-ring (bicyclic) bond motifs is 1. The molecular formula is C12H19NO. The fraction of sp³-hybridized carbons (Fsp3) is 0.500. The normalized spacial score (nSPS) is 18.6. The number of benzene rings is 1. The fourth-order valence-corrected chi connectivity index (χ4v) is 1.54. The van der Waals surface area contributed by atoms with Crippen molar-refractivity contribution in [1.29, 1.82) is 0 Å². The van der Waals surface area contributed by atoms with Gasteiger partial charge in [-0.15, -0.1) is 0 Å². The highest BCUT2D eigenvalue weighted by atomic mass is 16.5. The molecule has 1 aliphatic rings. The van der Waals surface area contributed by atoms with Gasteiger partial charge in [0.1, 0.15) is 5.75 Å². The summed E-state index contributed by atoms with van der Waals surface area (Å²) in [6.45, 7) is 5.49. The molecule has 2 nitrogen and oxygen atoms in total. The molecule has 2 rings (SSSR count). The zero-order valence-electron chi connectivity index (χ0n) is 8.99. The molecule has 2 N–H and O–H groups in total. The predicted octanol–water partition coefficient (Wildman–Crippen LogP) is 2.22. The van der Waals surface area contributed by atoms with Crippen LogP contribution < -0.4 is 10.5 Å². The van der Waals surface area contributed by atoms with E-state index in [-0.39, 0.29) is 0 Å². The molecule has 1 heterocycles. The predicted molar refractivity (Wildman–Crippen MR) is 59.5 cm³/mol. The first-order valence-corrected chi connectivity index (χ1v) is 5.31. The van der Waals surface area contributed by atoms with Crippen LogP contribution in [-0.4, -0.2) is 13.2 Å². The molecule has 1 unspecified atom stereocenters. The van der Waals surface area contributed by atoms with Crippen LogP contribution in [0.4, 0.5) is 0 Å². The van der Waals surface area contributed by atoms with Gasteiger partial charge >= 0.3 is 0 Å². The van der Waals surface area contributed by atoms with Crippen molar-refractivity contribution < 1.29 is 4.74 Å². The second kappa shape index (κ2) is 5.66. The Hall–Kier alpha value is -1.02. The van der Waals surface area contributed by atoms with Gasteiger partial charge in [0.15, 0.2) is 0 Å². The van der Waals surface area contributed by atoms with E-state index in [4.69, 9.17) is 10.5 Å². The van der Waals surface area contributed by atoms with Crippen molar-refractivity contribution in [2.24, 2.45) is 11.7 Å². The zero-order chi connectivity index (χ0) is 10.4. The summed E-state index contributed by atoms with van der Waals surface area (Å²) in [5.41, 5.74) is 6.87. The third-order valence-corrected chi connectivity index (χ3v) is 2.29. The first-order chi connectivity index (χ1) is 6.90. The molecule has 0 spiro atoms. The van der Waals surface area contributed by atoms with E-state index in [1.54, 1.807) is 0 Å². The Labute approximate surface area is 86.1 Å². The summed E-state index contributed by atoms with van der Waals surface area (Å²) < 4.78 is 5.55. The van der Waals surface area contributed by atoms with Crippen LogP contribution in [0.15, 0.2) is 24.3 Å². The van der Waals surface area contributed by atoms with Crippen LogP contribution in [0.1, 0.15) is 19.4 Å². The highest BCUT2D eigenvalue weighted by Gasteiger charge is 2.17. The standard InChI is InChI=1S/C10H13NO.C2H6/c11-6-8-5-9-3-1-2-4-10(9)12-7-8;1-2/h1-4,8H,5-7,11H2;1-2H3. The Kier molecular flexibility index (Phi) is 4.47. The first-order valence-electron chi connectivity index (χ1n) is 5.31. The van der Waals surface area contributed by atoms with E-state index in [2.05, 4.69) is 6.07 Å². The Balaban J connectivity index is 0.000000461. The number of hydrogen-bond acceptors (Lipinski definition) is 2. The van der Waals surface area contributed by atoms with E-state index >= 15 is 0 Å². The molecule has 1 atom stereocenters. The number of hydrogen-bond donors (Lipinski definition) is 1. The quantitative estimate of drug-likeness (QED) is 0.742. The fourth-order valence-electron chi connectivity index (χ4n) is 1.54. The minimum Gasteiger partial charge on any atom is -0.493 e. The van der Waals surface area contributed by atoms with Crippen molar-refractivity contribution >= 4 is 0 Å². The van der Waals surface area contributed by atoms with Crippen LogP contribution in [0.3, 0.4) is 0 Å². The van der Waals surface area contributed by atoms with Crippen LogP contribution in [0, 0.1) is 5.92 Å². The topological polar surface area (TPSA) is 35.2 Å². The molecule has 0 aromatic heterocycles. The van der Waals surface area contributed by atoms with Crippen molar-refractivity contribution in [2.45, 2.75) is 20.3 Å². The molecule has 0 saturated heterocycles. The van der Waals surface area contributed by atoms with Crippen LogP contribution in [-0.2, 0) is 6.42 Å². The Morgan fingerprint density at radius 1 is 1.36 bits per heavy atom. The molecule has 0 aliphatic carbocycles. The highest BCUT2D eigenvalue weighted by molar-refractivity contribution is 5.35. The largest absolute Gasteiger partial charge is 0.493 e. The van der Waals surface area contributed by atoms with Gasteiger partial charge in [-0.1, -0.05) is 32.0 Å². The monoisotopic (exact) mass is 193 g/mol. The maximum Gasteiger partial charge on any atom is 0.122 e. The molecule has 1 aromatic rings. The number of para-hydroxylation sites is 1. The maximum atomic E-state index is 5.58. The average molecular weight is 193 g/mol. The molecule has 1 aromatic carbocycles. The van der Waals surface area contributed by atoms with Gasteiger partial charge in [-0.25, -0.2) is 0 Å². The summed E-state index contributed by atoms with van der Waals surface area (Å²) in [6, 6.07) is 8.17. The van der Waals surface area contributed by atoms with Gasteiger partial charge in [0.2, 0.25) is 0 Å². The SMILES string of the molecule is CC.NCC1COc2ccccc2C1. The second-order valence-electron chi connectivity index (χ2n) is 3.22. The van der Waals surface area contributed by atoms with Gasteiger partial charge in [-0.05, 0) is 24.6 Å². The van der Waals surface area contributed by atoms with E-state index in [1.807, 2.05) is 32.0 Å². The molecular weight excluding hydrogens is 174 g/mol. The van der Waals surface area contributed by atoms with Gasteiger partial charge in [0, 0.05) is 5.92 Å². The Morgan fingerprint density at radius 3 is 2.79 bits per heavy atom. The summed E-state index contributed by atoms with van der Waals surface area (Å²) in [5.74, 6) is 1.53. The summed E-state index contributed by atoms with van der Waals surface area (Å²) in [6.07, 6.45) is 1.06. The van der Waals surface area contributed by atoms with Crippen LogP contribution in [0.5, 0.6) is 5.75 Å². The van der Waals surface area contributed by atoms with Gasteiger partial charge in [0.05, 0.1) is 6.61 Å². The highest BCUT2D eigenvalue weighted by Crippen LogP contribution is 2.25. The molecule has 14 heavy (non-hydrogen) atoms. The van der Waals surface area contributed by atoms with Crippen LogP contribution >= 0.6 is 0 Å². The molecule has 0 fully saturated rings. The number of ether oxygens (including phenoxy) is 1. The Morgan fingerprint density at radius 2 is 2.07 bits per heavy atom. The molecule has 78 valence electrons. The van der Waals surface area contributed by atoms with Crippen molar-refractivity contribution in [1.82, 2.24) is 0 Å².